The molecule has 17 heavy (non-hydrogen) atoms. The minimum Gasteiger partial charge on any atom is -0.462 e. The lowest BCUT2D eigenvalue weighted by molar-refractivity contribution is -0.140. The van der Waals surface area contributed by atoms with Gasteiger partial charge in [-0.15, -0.1) is 0 Å². The molecule has 0 rings (SSSR count). The Labute approximate surface area is 100 Å². The minimum absolute atomic E-state index is 0.125. The summed E-state index contributed by atoms with van der Waals surface area (Å²) < 4.78 is 9.27. The molecule has 0 heterocycles. The largest absolute Gasteiger partial charge is 0.462 e. The van der Waals surface area contributed by atoms with Gasteiger partial charge in [-0.2, -0.15) is 0 Å². The first-order valence-electron chi connectivity index (χ1n) is 4.92. The molecule has 2 N–H and O–H groups in total. The Morgan fingerprint density at radius 3 is 1.53 bits per heavy atom. The fourth-order valence-electron chi connectivity index (χ4n) is 0.522. The van der Waals surface area contributed by atoms with Crippen LogP contribution in [0.25, 0.3) is 0 Å². The van der Waals surface area contributed by atoms with Crippen molar-refractivity contribution in [2.45, 2.75) is 6.42 Å². The quantitative estimate of drug-likeness (QED) is 0.367. The van der Waals surface area contributed by atoms with E-state index in [9.17, 15) is 9.59 Å². The molecule has 0 unspecified atom stereocenters. The second kappa shape index (κ2) is 14.3. The first kappa shape index (κ1) is 17.7. The summed E-state index contributed by atoms with van der Waals surface area (Å²) in [6.45, 7) is 6.64. The van der Waals surface area contributed by atoms with Crippen LogP contribution in [0.5, 0.6) is 0 Å². The molecule has 0 aliphatic heterocycles. The van der Waals surface area contributed by atoms with E-state index in [1.807, 2.05) is 0 Å². The predicted molar refractivity (Wildman–Crippen MR) is 61.1 cm³/mol. The van der Waals surface area contributed by atoms with Gasteiger partial charge in [0.25, 0.3) is 0 Å². The first-order valence-corrected chi connectivity index (χ1v) is 4.92. The molecule has 0 amide bonds. The van der Waals surface area contributed by atoms with E-state index < -0.39 is 11.9 Å². The van der Waals surface area contributed by atoms with Crippen LogP contribution >= 0.6 is 0 Å². The SMILES string of the molecule is C=CC(=O)OCCCOC(=O)C=C.OCCO. The van der Waals surface area contributed by atoms with Gasteiger partial charge in [-0.3, -0.25) is 0 Å². The van der Waals surface area contributed by atoms with Crippen molar-refractivity contribution in [1.82, 2.24) is 0 Å². The van der Waals surface area contributed by atoms with E-state index in [1.165, 1.54) is 0 Å². The van der Waals surface area contributed by atoms with Crippen molar-refractivity contribution in [3.05, 3.63) is 25.3 Å². The highest BCUT2D eigenvalue weighted by Gasteiger charge is 1.97. The Hall–Kier alpha value is -1.66. The molecule has 0 atom stereocenters. The predicted octanol–water partition coefficient (Wildman–Crippen LogP) is -0.194. The van der Waals surface area contributed by atoms with Crippen molar-refractivity contribution in [2.24, 2.45) is 0 Å². The van der Waals surface area contributed by atoms with Crippen LogP contribution in [0.3, 0.4) is 0 Å². The smallest absolute Gasteiger partial charge is 0.330 e. The van der Waals surface area contributed by atoms with E-state index in [-0.39, 0.29) is 26.4 Å². The second-order valence-electron chi connectivity index (χ2n) is 2.54. The maximum absolute atomic E-state index is 10.5. The van der Waals surface area contributed by atoms with E-state index in [1.54, 1.807) is 0 Å². The van der Waals surface area contributed by atoms with Crippen molar-refractivity contribution >= 4 is 11.9 Å². The van der Waals surface area contributed by atoms with Crippen LogP contribution in [0.2, 0.25) is 0 Å². The summed E-state index contributed by atoms with van der Waals surface area (Å²) in [5, 5.41) is 15.2. The summed E-state index contributed by atoms with van der Waals surface area (Å²) in [5.41, 5.74) is 0. The Morgan fingerprint density at radius 1 is 0.941 bits per heavy atom. The summed E-state index contributed by atoms with van der Waals surface area (Å²) in [6, 6.07) is 0. The highest BCUT2D eigenvalue weighted by atomic mass is 16.5. The van der Waals surface area contributed by atoms with Gasteiger partial charge in [-0.05, 0) is 0 Å². The summed E-state index contributed by atoms with van der Waals surface area (Å²) >= 11 is 0. The second-order valence-corrected chi connectivity index (χ2v) is 2.54. The molecule has 0 fully saturated rings. The van der Waals surface area contributed by atoms with Gasteiger partial charge in [0.2, 0.25) is 0 Å². The van der Waals surface area contributed by atoms with E-state index in [2.05, 4.69) is 22.6 Å². The van der Waals surface area contributed by atoms with Gasteiger partial charge < -0.3 is 19.7 Å². The molecule has 6 heteroatoms. The minimum atomic E-state index is -0.477. The maximum Gasteiger partial charge on any atom is 0.330 e. The van der Waals surface area contributed by atoms with E-state index in [4.69, 9.17) is 10.2 Å². The van der Waals surface area contributed by atoms with Gasteiger partial charge in [0, 0.05) is 18.6 Å². The molecule has 0 aromatic heterocycles. The summed E-state index contributed by atoms with van der Waals surface area (Å²) in [7, 11) is 0. The van der Waals surface area contributed by atoms with Crippen molar-refractivity contribution in [3.8, 4) is 0 Å². The average molecular weight is 246 g/mol. The number of aliphatic hydroxyl groups excluding tert-OH is 2. The summed E-state index contributed by atoms with van der Waals surface area (Å²) in [4.78, 5) is 21.0. The van der Waals surface area contributed by atoms with Gasteiger partial charge in [-0.1, -0.05) is 13.2 Å². The van der Waals surface area contributed by atoms with Crippen molar-refractivity contribution in [3.63, 3.8) is 0 Å². The molecule has 98 valence electrons. The van der Waals surface area contributed by atoms with Crippen LogP contribution in [0.4, 0.5) is 0 Å². The zero-order valence-corrected chi connectivity index (χ0v) is 9.63. The Balaban J connectivity index is 0. The highest BCUT2D eigenvalue weighted by molar-refractivity contribution is 5.81. The molecular weight excluding hydrogens is 228 g/mol. The van der Waals surface area contributed by atoms with Crippen LogP contribution in [0.1, 0.15) is 6.42 Å². The maximum atomic E-state index is 10.5. The van der Waals surface area contributed by atoms with Gasteiger partial charge in [-0.25, -0.2) is 9.59 Å². The molecule has 0 radical (unpaired) electrons. The highest BCUT2D eigenvalue weighted by Crippen LogP contribution is 1.88. The van der Waals surface area contributed by atoms with Gasteiger partial charge in [0.1, 0.15) is 0 Å². The van der Waals surface area contributed by atoms with Crippen LogP contribution < -0.4 is 0 Å². The lowest BCUT2D eigenvalue weighted by Crippen LogP contribution is -2.07. The van der Waals surface area contributed by atoms with Crippen LogP contribution in [0.15, 0.2) is 25.3 Å². The Bertz CT molecular complexity index is 212. The topological polar surface area (TPSA) is 93.1 Å². The van der Waals surface area contributed by atoms with E-state index in [0.717, 1.165) is 12.2 Å². The average Bonchev–Trinajstić information content (AvgIpc) is 2.37. The number of carbonyl (C=O) groups is 2. The molecule has 0 saturated carbocycles. The van der Waals surface area contributed by atoms with Crippen molar-refractivity contribution in [1.29, 1.82) is 0 Å². The number of rotatable bonds is 7. The van der Waals surface area contributed by atoms with Crippen molar-refractivity contribution < 1.29 is 29.3 Å². The fraction of sp³-hybridized carbons (Fsp3) is 0.455. The standard InChI is InChI=1S/C9H12O4.C2H6O2/c1-3-8(10)12-6-5-7-13-9(11)4-2;3-1-2-4/h3-4H,1-2,5-7H2;3-4H,1-2H2. The molecule has 0 aromatic rings. The first-order chi connectivity index (χ1) is 8.12. The van der Waals surface area contributed by atoms with Gasteiger partial charge in [0.05, 0.1) is 26.4 Å². The zero-order chi connectivity index (χ0) is 13.5. The number of ether oxygens (including phenoxy) is 2. The molecule has 0 saturated heterocycles. The molecule has 6 nitrogen and oxygen atoms in total. The third-order valence-corrected chi connectivity index (χ3v) is 1.21. The molecule has 0 aromatic carbocycles. The third kappa shape index (κ3) is 17.0. The lowest BCUT2D eigenvalue weighted by Gasteiger charge is -2.02. The van der Waals surface area contributed by atoms with Crippen molar-refractivity contribution in [2.75, 3.05) is 26.4 Å². The van der Waals surface area contributed by atoms with E-state index >= 15 is 0 Å². The molecule has 0 aliphatic carbocycles. The Morgan fingerprint density at radius 2 is 1.29 bits per heavy atom. The third-order valence-electron chi connectivity index (χ3n) is 1.21. The Kier molecular flexibility index (Phi) is 15.0. The molecule has 0 spiro atoms. The fourth-order valence-corrected chi connectivity index (χ4v) is 0.522. The number of esters is 2. The molecule has 0 bridgehead atoms. The lowest BCUT2D eigenvalue weighted by atomic mass is 10.5. The zero-order valence-electron chi connectivity index (χ0n) is 9.63. The number of aliphatic hydroxyl groups is 2. The van der Waals surface area contributed by atoms with Crippen LogP contribution in [0, 0.1) is 0 Å². The van der Waals surface area contributed by atoms with Gasteiger partial charge in [0.15, 0.2) is 0 Å². The van der Waals surface area contributed by atoms with Crippen LogP contribution in [-0.2, 0) is 19.1 Å². The van der Waals surface area contributed by atoms with Crippen LogP contribution in [-0.4, -0.2) is 48.6 Å². The number of hydrogen-bond donors (Lipinski definition) is 2. The van der Waals surface area contributed by atoms with Gasteiger partial charge >= 0.3 is 11.9 Å². The number of carbonyl (C=O) groups excluding carboxylic acids is 2. The normalized spacial score (nSPS) is 8.35. The van der Waals surface area contributed by atoms with E-state index in [0.29, 0.717) is 6.42 Å². The number of hydrogen-bond acceptors (Lipinski definition) is 6. The summed E-state index contributed by atoms with van der Waals surface area (Å²) in [6.07, 6.45) is 2.63. The monoisotopic (exact) mass is 246 g/mol. The molecular formula is C11H18O6. The summed E-state index contributed by atoms with van der Waals surface area (Å²) in [5.74, 6) is -0.954. The molecule has 0 aliphatic rings.